The third kappa shape index (κ3) is 43.2. The van der Waals surface area contributed by atoms with E-state index in [1.807, 2.05) is 0 Å². The van der Waals surface area contributed by atoms with Gasteiger partial charge in [-0.2, -0.15) is 0 Å². The van der Waals surface area contributed by atoms with Crippen molar-refractivity contribution in [2.75, 3.05) is 0 Å². The molecular formula is Co7. The molecule has 0 nitrogen and oxygen atoms in total. The number of hydrogen-bond acceptors (Lipinski definition) is 0. The Hall–Kier alpha value is 3.55. The van der Waals surface area contributed by atoms with Gasteiger partial charge in [0.15, 0.2) is 0 Å². The summed E-state index contributed by atoms with van der Waals surface area (Å²) in [6.45, 7) is 0. The van der Waals surface area contributed by atoms with Crippen molar-refractivity contribution in [3.05, 3.63) is 0 Å². The molecule has 0 N–H and O–H groups in total. The molecule has 0 spiro atoms. The number of rotatable bonds is 0. The van der Waals surface area contributed by atoms with E-state index in [0.29, 0.717) is 0 Å². The second-order valence-corrected chi connectivity index (χ2v) is 0. The van der Waals surface area contributed by atoms with Crippen LogP contribution in [0.25, 0.3) is 0 Å². The molecule has 0 unspecified atom stereocenters. The van der Waals surface area contributed by atoms with Crippen molar-refractivity contribution in [3.8, 4) is 0 Å². The van der Waals surface area contributed by atoms with Gasteiger partial charge in [0, 0.05) is 117 Å². The van der Waals surface area contributed by atoms with Gasteiger partial charge in [-0.3, -0.25) is 0 Å². The second kappa shape index (κ2) is 55.5. The van der Waals surface area contributed by atoms with E-state index in [4.69, 9.17) is 0 Å². The normalized spacial score (nSPS) is 0. The SMILES string of the molecule is [Co].[Co].[Co].[Co].[Co].[Co].[Co]. The van der Waals surface area contributed by atoms with Crippen LogP contribution in [0.5, 0.6) is 0 Å². The van der Waals surface area contributed by atoms with Crippen LogP contribution < -0.4 is 0 Å². The molecule has 0 rings (SSSR count). The van der Waals surface area contributed by atoms with Crippen molar-refractivity contribution in [2.45, 2.75) is 0 Å². The van der Waals surface area contributed by atoms with Crippen LogP contribution in [0.15, 0.2) is 0 Å². The molecule has 0 aromatic heterocycles. The largest absolute Gasteiger partial charge is 0 e. The summed E-state index contributed by atoms with van der Waals surface area (Å²) in [4.78, 5) is 0. The first-order valence-corrected chi connectivity index (χ1v) is 0. The van der Waals surface area contributed by atoms with E-state index in [1.54, 1.807) is 0 Å². The van der Waals surface area contributed by atoms with Crippen LogP contribution in [0.2, 0.25) is 0 Å². The predicted molar refractivity (Wildman–Crippen MR) is 0 cm³/mol. The van der Waals surface area contributed by atoms with Crippen molar-refractivity contribution < 1.29 is 117 Å². The zero-order valence-corrected chi connectivity index (χ0v) is 9.62. The summed E-state index contributed by atoms with van der Waals surface area (Å²) in [6, 6.07) is 0. The molecule has 63 valence electrons. The third-order valence-corrected chi connectivity index (χ3v) is 0. The monoisotopic (exact) mass is 413 g/mol. The van der Waals surface area contributed by atoms with E-state index < -0.39 is 0 Å². The predicted octanol–water partition coefficient (Wildman–Crippen LogP) is -0.0175. The molecular weight excluding hydrogens is 413 g/mol. The molecule has 0 aliphatic heterocycles. The van der Waals surface area contributed by atoms with Gasteiger partial charge in [0.2, 0.25) is 0 Å². The Labute approximate surface area is 116 Å². The van der Waals surface area contributed by atoms with E-state index in [0.717, 1.165) is 0 Å². The molecule has 7 radical (unpaired) electrons. The average molecular weight is 413 g/mol. The standard InChI is InChI=1S/7Co. The van der Waals surface area contributed by atoms with Crippen LogP contribution in [-0.4, -0.2) is 0 Å². The Morgan fingerprint density at radius 3 is 0.143 bits per heavy atom. The van der Waals surface area contributed by atoms with Crippen LogP contribution in [0.1, 0.15) is 0 Å². The van der Waals surface area contributed by atoms with Gasteiger partial charge in [0.1, 0.15) is 0 Å². The van der Waals surface area contributed by atoms with E-state index >= 15 is 0 Å². The Bertz CT molecular complexity index is 0. The minimum Gasteiger partial charge on any atom is 0 e. The van der Waals surface area contributed by atoms with Crippen molar-refractivity contribution in [2.24, 2.45) is 0 Å². The zero-order valence-electron chi connectivity index (χ0n) is 2.33. The van der Waals surface area contributed by atoms with Gasteiger partial charge in [-0.1, -0.05) is 0 Å². The van der Waals surface area contributed by atoms with Gasteiger partial charge < -0.3 is 0 Å². The smallest absolute Gasteiger partial charge is 0 e. The Kier molecular flexibility index (Phi) is 606. The summed E-state index contributed by atoms with van der Waals surface area (Å²) in [7, 11) is 0. The van der Waals surface area contributed by atoms with Gasteiger partial charge in [-0.25, -0.2) is 0 Å². The van der Waals surface area contributed by atoms with E-state index in [1.165, 1.54) is 0 Å². The third-order valence-electron chi connectivity index (χ3n) is 0. The van der Waals surface area contributed by atoms with Crippen molar-refractivity contribution in [1.29, 1.82) is 0 Å². The maximum atomic E-state index is 0. The zero-order chi connectivity index (χ0) is 0. The van der Waals surface area contributed by atoms with Crippen LogP contribution in [-0.2, 0) is 117 Å². The topological polar surface area (TPSA) is 0 Å². The molecule has 0 atom stereocenters. The fraction of sp³-hybridized carbons (Fsp3) is 0. The summed E-state index contributed by atoms with van der Waals surface area (Å²) in [5.41, 5.74) is 0. The van der Waals surface area contributed by atoms with Crippen LogP contribution >= 0.6 is 0 Å². The van der Waals surface area contributed by atoms with Gasteiger partial charge in [-0.15, -0.1) is 0 Å². The molecule has 0 heterocycles. The molecule has 0 aliphatic rings. The minimum absolute atomic E-state index is 0. The van der Waals surface area contributed by atoms with Crippen molar-refractivity contribution >= 4 is 0 Å². The molecule has 0 aromatic rings. The number of hydrogen-bond donors (Lipinski definition) is 0. The molecule has 7 heavy (non-hydrogen) atoms. The summed E-state index contributed by atoms with van der Waals surface area (Å²) in [5, 5.41) is 0. The molecule has 0 fully saturated rings. The molecule has 0 aromatic carbocycles. The first-order chi connectivity index (χ1) is 0. The van der Waals surface area contributed by atoms with Gasteiger partial charge in [-0.05, 0) is 0 Å². The molecule has 0 saturated heterocycles. The van der Waals surface area contributed by atoms with Gasteiger partial charge in [0.25, 0.3) is 0 Å². The van der Waals surface area contributed by atoms with E-state index in [2.05, 4.69) is 0 Å². The van der Waals surface area contributed by atoms with E-state index in [-0.39, 0.29) is 117 Å². The first-order valence-electron chi connectivity index (χ1n) is 0. The molecule has 0 bridgehead atoms. The van der Waals surface area contributed by atoms with Gasteiger partial charge in [0.05, 0.1) is 0 Å². The first kappa shape index (κ1) is 76.4. The molecule has 0 amide bonds. The average Bonchev–Trinajstić information content (AvgIpc) is 0. The fourth-order valence-electron chi connectivity index (χ4n) is 0. The fourth-order valence-corrected chi connectivity index (χ4v) is 0. The summed E-state index contributed by atoms with van der Waals surface area (Å²) < 4.78 is 0. The molecule has 7 heteroatoms. The molecule has 0 saturated carbocycles. The van der Waals surface area contributed by atoms with Crippen LogP contribution in [0.4, 0.5) is 0 Å². The maximum Gasteiger partial charge on any atom is 0 e. The van der Waals surface area contributed by atoms with Crippen molar-refractivity contribution in [3.63, 3.8) is 0 Å². The summed E-state index contributed by atoms with van der Waals surface area (Å²) in [6.07, 6.45) is 0. The van der Waals surface area contributed by atoms with Crippen LogP contribution in [0.3, 0.4) is 0 Å². The van der Waals surface area contributed by atoms with Gasteiger partial charge >= 0.3 is 0 Å². The Balaban J connectivity index is 0. The minimum atomic E-state index is 0. The maximum absolute atomic E-state index is 0. The summed E-state index contributed by atoms with van der Waals surface area (Å²) in [5.74, 6) is 0. The summed E-state index contributed by atoms with van der Waals surface area (Å²) >= 11 is 0. The Morgan fingerprint density at radius 1 is 0.143 bits per heavy atom. The van der Waals surface area contributed by atoms with Crippen LogP contribution in [0, 0.1) is 0 Å². The van der Waals surface area contributed by atoms with E-state index in [9.17, 15) is 0 Å². The molecule has 0 aliphatic carbocycles. The van der Waals surface area contributed by atoms with Crippen molar-refractivity contribution in [1.82, 2.24) is 0 Å². The second-order valence-electron chi connectivity index (χ2n) is 0. The quantitative estimate of drug-likeness (QED) is 0.525. The Morgan fingerprint density at radius 2 is 0.143 bits per heavy atom.